The molecule has 2 atom stereocenters. The van der Waals surface area contributed by atoms with Gasteiger partial charge in [-0.3, -0.25) is 4.79 Å². The first-order valence-corrected chi connectivity index (χ1v) is 8.35. The molecule has 2 aliphatic rings. The number of phenols is 1. The lowest BCUT2D eigenvalue weighted by molar-refractivity contribution is 0.0234. The highest BCUT2D eigenvalue weighted by Gasteiger charge is 2.43. The minimum atomic E-state index is -1.25. The molecule has 7 heteroatoms. The van der Waals surface area contributed by atoms with E-state index in [1.54, 1.807) is 17.9 Å². The summed E-state index contributed by atoms with van der Waals surface area (Å²) in [6.07, 6.45) is 1.71. The number of aliphatic hydroxyl groups is 1. The van der Waals surface area contributed by atoms with Gasteiger partial charge in [0, 0.05) is 12.6 Å². The smallest absolute Gasteiger partial charge is 0.416 e. The summed E-state index contributed by atoms with van der Waals surface area (Å²) in [7, 11) is 0. The highest BCUT2D eigenvalue weighted by atomic mass is 16.6. The van der Waals surface area contributed by atoms with Crippen LogP contribution in [0.2, 0.25) is 0 Å². The molecule has 0 aliphatic carbocycles. The topological polar surface area (TPSA) is 90.3 Å². The summed E-state index contributed by atoms with van der Waals surface area (Å²) in [5.41, 5.74) is 0.954. The molecule has 1 saturated heterocycles. The predicted octanol–water partition coefficient (Wildman–Crippen LogP) is 2.16. The van der Waals surface area contributed by atoms with Gasteiger partial charge in [0.15, 0.2) is 6.23 Å². The third-order valence-electron chi connectivity index (χ3n) is 4.74. The molecule has 2 amide bonds. The van der Waals surface area contributed by atoms with Crippen LogP contribution in [-0.4, -0.2) is 52.5 Å². The Morgan fingerprint density at radius 3 is 2.92 bits per heavy atom. The molecule has 0 spiro atoms. The van der Waals surface area contributed by atoms with Gasteiger partial charge in [0.1, 0.15) is 12.4 Å². The normalized spacial score (nSPS) is 22.7. The summed E-state index contributed by atoms with van der Waals surface area (Å²) in [5, 5.41) is 20.9. The number of benzene rings is 1. The van der Waals surface area contributed by atoms with Gasteiger partial charge in [-0.15, -0.1) is 0 Å². The van der Waals surface area contributed by atoms with Crippen LogP contribution in [0.15, 0.2) is 24.8 Å². The Kier molecular flexibility index (Phi) is 4.67. The first kappa shape index (κ1) is 17.3. The van der Waals surface area contributed by atoms with Gasteiger partial charge in [-0.05, 0) is 37.8 Å². The summed E-state index contributed by atoms with van der Waals surface area (Å²) < 4.78 is 5.10. The van der Waals surface area contributed by atoms with E-state index in [4.69, 9.17) is 4.74 Å². The number of aromatic hydroxyl groups is 1. The standard InChI is InChI=1S/C18H22N2O5/c1-3-8-25-18(24)20-14-10-15(21)11(2)9-12(14)16(22)19-7-5-4-6-13(19)17(20)23/h3,9-10,13,17,21,23H,1,4-8H2,2H3/t13-,17?/m0/s1. The summed E-state index contributed by atoms with van der Waals surface area (Å²) in [6, 6.07) is 2.37. The van der Waals surface area contributed by atoms with Crippen molar-refractivity contribution in [3.8, 4) is 5.75 Å². The number of fused-ring (bicyclic) bond motifs is 2. The Bertz CT molecular complexity index is 718. The van der Waals surface area contributed by atoms with Crippen molar-refractivity contribution < 1.29 is 24.5 Å². The Balaban J connectivity index is 2.14. The van der Waals surface area contributed by atoms with Crippen LogP contribution in [0.1, 0.15) is 35.2 Å². The molecule has 1 unspecified atom stereocenters. The van der Waals surface area contributed by atoms with Crippen LogP contribution < -0.4 is 4.90 Å². The average molecular weight is 346 g/mol. The fourth-order valence-corrected chi connectivity index (χ4v) is 3.45. The van der Waals surface area contributed by atoms with Crippen LogP contribution in [-0.2, 0) is 4.74 Å². The van der Waals surface area contributed by atoms with Crippen molar-refractivity contribution >= 4 is 17.7 Å². The van der Waals surface area contributed by atoms with Gasteiger partial charge in [-0.25, -0.2) is 9.69 Å². The van der Waals surface area contributed by atoms with Crippen LogP contribution in [0.25, 0.3) is 0 Å². The molecule has 2 aliphatic heterocycles. The lowest BCUT2D eigenvalue weighted by Crippen LogP contribution is -2.55. The fourth-order valence-electron chi connectivity index (χ4n) is 3.45. The summed E-state index contributed by atoms with van der Waals surface area (Å²) in [6.45, 7) is 5.69. The van der Waals surface area contributed by atoms with Crippen molar-refractivity contribution in [2.75, 3.05) is 18.1 Å². The van der Waals surface area contributed by atoms with E-state index in [0.29, 0.717) is 18.5 Å². The lowest BCUT2D eigenvalue weighted by atomic mass is 10.00. The highest BCUT2D eigenvalue weighted by molar-refractivity contribution is 6.05. The molecule has 0 saturated carbocycles. The summed E-state index contributed by atoms with van der Waals surface area (Å²) in [5.74, 6) is -0.305. The van der Waals surface area contributed by atoms with E-state index in [9.17, 15) is 19.8 Å². The van der Waals surface area contributed by atoms with Gasteiger partial charge in [0.2, 0.25) is 0 Å². The first-order valence-electron chi connectivity index (χ1n) is 8.35. The number of rotatable bonds is 2. The van der Waals surface area contributed by atoms with E-state index in [1.807, 2.05) is 0 Å². The van der Waals surface area contributed by atoms with Crippen LogP contribution in [0, 0.1) is 6.92 Å². The molecule has 7 nitrogen and oxygen atoms in total. The summed E-state index contributed by atoms with van der Waals surface area (Å²) in [4.78, 5) is 28.2. The molecular weight excluding hydrogens is 324 g/mol. The Morgan fingerprint density at radius 1 is 1.44 bits per heavy atom. The summed E-state index contributed by atoms with van der Waals surface area (Å²) >= 11 is 0. The second-order valence-corrected chi connectivity index (χ2v) is 6.37. The molecule has 2 N–H and O–H groups in total. The molecule has 3 rings (SSSR count). The zero-order valence-corrected chi connectivity index (χ0v) is 14.1. The molecule has 1 aromatic carbocycles. The SMILES string of the molecule is C=CCOC(=O)N1c2cc(O)c(C)cc2C(=O)N2CCCC[C@H]2C1O. The number of ether oxygens (including phenoxy) is 1. The Hall–Kier alpha value is -2.54. The molecule has 0 radical (unpaired) electrons. The fraction of sp³-hybridized carbons (Fsp3) is 0.444. The second kappa shape index (κ2) is 6.76. The monoisotopic (exact) mass is 346 g/mol. The van der Waals surface area contributed by atoms with Gasteiger partial charge in [-0.2, -0.15) is 0 Å². The number of amides is 2. The molecule has 134 valence electrons. The van der Waals surface area contributed by atoms with Crippen LogP contribution in [0.3, 0.4) is 0 Å². The van der Waals surface area contributed by atoms with Crippen LogP contribution >= 0.6 is 0 Å². The number of nitrogens with zero attached hydrogens (tertiary/aromatic N) is 2. The molecule has 25 heavy (non-hydrogen) atoms. The van der Waals surface area contributed by atoms with E-state index in [0.717, 1.165) is 17.7 Å². The van der Waals surface area contributed by atoms with E-state index in [2.05, 4.69) is 6.58 Å². The Morgan fingerprint density at radius 2 is 2.20 bits per heavy atom. The quantitative estimate of drug-likeness (QED) is 0.801. The zero-order valence-electron chi connectivity index (χ0n) is 14.1. The van der Waals surface area contributed by atoms with Gasteiger partial charge in [0.25, 0.3) is 5.91 Å². The van der Waals surface area contributed by atoms with Gasteiger partial charge in [-0.1, -0.05) is 12.7 Å². The zero-order chi connectivity index (χ0) is 18.1. The third-order valence-corrected chi connectivity index (χ3v) is 4.74. The number of phenolic OH excluding ortho intramolecular Hbond substituents is 1. The Labute approximate surface area is 146 Å². The number of hydrogen-bond acceptors (Lipinski definition) is 5. The van der Waals surface area contributed by atoms with Crippen molar-refractivity contribution in [3.63, 3.8) is 0 Å². The van der Waals surface area contributed by atoms with Gasteiger partial charge < -0.3 is 19.8 Å². The number of aryl methyl sites for hydroxylation is 1. The van der Waals surface area contributed by atoms with Gasteiger partial charge >= 0.3 is 6.09 Å². The molecular formula is C18H22N2O5. The number of hydrogen-bond donors (Lipinski definition) is 2. The maximum atomic E-state index is 13.0. The largest absolute Gasteiger partial charge is 0.508 e. The lowest BCUT2D eigenvalue weighted by Gasteiger charge is -2.38. The van der Waals surface area contributed by atoms with E-state index < -0.39 is 18.4 Å². The molecule has 1 aromatic rings. The number of anilines is 1. The van der Waals surface area contributed by atoms with Crippen LogP contribution in [0.5, 0.6) is 5.75 Å². The number of piperidine rings is 1. The molecule has 0 aromatic heterocycles. The predicted molar refractivity (Wildman–Crippen MR) is 91.6 cm³/mol. The molecule has 1 fully saturated rings. The molecule has 2 heterocycles. The molecule has 0 bridgehead atoms. The first-order chi connectivity index (χ1) is 12.0. The van der Waals surface area contributed by atoms with Crippen molar-refractivity contribution in [1.29, 1.82) is 0 Å². The van der Waals surface area contributed by atoms with E-state index in [-0.39, 0.29) is 29.5 Å². The van der Waals surface area contributed by atoms with Crippen molar-refractivity contribution in [1.82, 2.24) is 4.90 Å². The van der Waals surface area contributed by atoms with Crippen molar-refractivity contribution in [3.05, 3.63) is 35.9 Å². The minimum Gasteiger partial charge on any atom is -0.508 e. The highest BCUT2D eigenvalue weighted by Crippen LogP contribution is 2.37. The van der Waals surface area contributed by atoms with E-state index in [1.165, 1.54) is 12.1 Å². The maximum absolute atomic E-state index is 13.0. The number of carbonyl (C=O) groups is 2. The number of carbonyl (C=O) groups excluding carboxylic acids is 2. The second-order valence-electron chi connectivity index (χ2n) is 6.37. The van der Waals surface area contributed by atoms with Crippen molar-refractivity contribution in [2.45, 2.75) is 38.5 Å². The number of aliphatic hydroxyl groups excluding tert-OH is 1. The van der Waals surface area contributed by atoms with Gasteiger partial charge in [0.05, 0.1) is 17.3 Å². The van der Waals surface area contributed by atoms with E-state index >= 15 is 0 Å². The minimum absolute atomic E-state index is 0.0163. The average Bonchev–Trinajstić information content (AvgIpc) is 2.69. The van der Waals surface area contributed by atoms with Crippen LogP contribution in [0.4, 0.5) is 10.5 Å². The third kappa shape index (κ3) is 2.95. The maximum Gasteiger partial charge on any atom is 0.416 e. The van der Waals surface area contributed by atoms with Crippen molar-refractivity contribution in [2.24, 2.45) is 0 Å².